The second kappa shape index (κ2) is 18.8. The maximum atomic E-state index is 14.2. The van der Waals surface area contributed by atoms with Crippen molar-refractivity contribution in [1.82, 2.24) is 30.8 Å². The molecule has 3 aromatic rings. The van der Waals surface area contributed by atoms with Crippen LogP contribution in [0, 0.1) is 0 Å². The van der Waals surface area contributed by atoms with Crippen LogP contribution in [0.4, 0.5) is 5.95 Å². The highest BCUT2D eigenvalue weighted by atomic mass is 16.5. The standard InChI is InChI=1S/C39H51N9O5/c1-5-6-17-31(45-36(51)32(21-28-15-11-8-12-16-28)46-34(49)30(40)20-27-13-9-7-10-14-27)35(50)47-33(25(2)29-22-43-38(41)44-23-29)37(52)48-19-18-39(42,24-48)26(3)53-4/h7-16,22-23,30-33H,2-3,5-6,17-21,24,40,42H2,1,4H3,(H,45,51)(H,46,49)(H,47,50)(H2,41,43,44)/t30-,31-,32-,33-,39?/m1/s1. The van der Waals surface area contributed by atoms with Crippen LogP contribution >= 0.6 is 0 Å². The van der Waals surface area contributed by atoms with Crippen molar-refractivity contribution in [3.05, 3.63) is 109 Å². The summed E-state index contributed by atoms with van der Waals surface area (Å²) in [4.78, 5) is 65.2. The summed E-state index contributed by atoms with van der Waals surface area (Å²) in [6.45, 7) is 10.3. The summed E-state index contributed by atoms with van der Waals surface area (Å²) in [7, 11) is 1.47. The van der Waals surface area contributed by atoms with Gasteiger partial charge in [-0.25, -0.2) is 9.97 Å². The monoisotopic (exact) mass is 725 g/mol. The van der Waals surface area contributed by atoms with Crippen LogP contribution in [0.3, 0.4) is 0 Å². The summed E-state index contributed by atoms with van der Waals surface area (Å²) < 4.78 is 5.30. The van der Waals surface area contributed by atoms with E-state index < -0.39 is 53.3 Å². The molecule has 14 nitrogen and oxygen atoms in total. The van der Waals surface area contributed by atoms with Gasteiger partial charge in [-0.15, -0.1) is 0 Å². The zero-order valence-corrected chi connectivity index (χ0v) is 30.4. The van der Waals surface area contributed by atoms with Crippen molar-refractivity contribution in [3.8, 4) is 0 Å². The number of nitrogens with two attached hydrogens (primary N) is 3. The molecule has 2 heterocycles. The fraction of sp³-hybridized carbons (Fsp3) is 0.385. The first-order chi connectivity index (χ1) is 25.3. The van der Waals surface area contributed by atoms with E-state index >= 15 is 0 Å². The van der Waals surface area contributed by atoms with Gasteiger partial charge in [0.15, 0.2) is 0 Å². The van der Waals surface area contributed by atoms with Crippen LogP contribution in [0.5, 0.6) is 0 Å². The highest BCUT2D eigenvalue weighted by Gasteiger charge is 2.43. The predicted molar refractivity (Wildman–Crippen MR) is 203 cm³/mol. The number of benzene rings is 2. The van der Waals surface area contributed by atoms with E-state index in [0.29, 0.717) is 24.2 Å². The first-order valence-electron chi connectivity index (χ1n) is 17.7. The number of aromatic nitrogens is 2. The van der Waals surface area contributed by atoms with Gasteiger partial charge in [0, 0.05) is 37.5 Å². The van der Waals surface area contributed by atoms with Crippen LogP contribution < -0.4 is 33.2 Å². The number of carbonyl (C=O) groups is 4. The summed E-state index contributed by atoms with van der Waals surface area (Å²) in [6, 6.07) is 14.2. The number of hydrogen-bond donors (Lipinski definition) is 6. The maximum Gasteiger partial charge on any atom is 0.249 e. The minimum atomic E-state index is -1.27. The molecule has 1 aliphatic heterocycles. The fourth-order valence-electron chi connectivity index (χ4n) is 6.09. The molecule has 0 spiro atoms. The van der Waals surface area contributed by atoms with E-state index in [-0.39, 0.29) is 43.9 Å². The molecule has 2 aromatic carbocycles. The van der Waals surface area contributed by atoms with Crippen molar-refractivity contribution in [2.24, 2.45) is 11.5 Å². The van der Waals surface area contributed by atoms with Crippen LogP contribution in [-0.4, -0.2) is 88.4 Å². The Kier molecular flexibility index (Phi) is 14.2. The number of carbonyl (C=O) groups excluding carboxylic acids is 4. The van der Waals surface area contributed by atoms with Gasteiger partial charge in [-0.05, 0) is 36.0 Å². The molecule has 282 valence electrons. The minimum Gasteiger partial charge on any atom is -0.500 e. The third-order valence-corrected chi connectivity index (χ3v) is 9.37. The van der Waals surface area contributed by atoms with Gasteiger partial charge in [-0.3, -0.25) is 19.2 Å². The van der Waals surface area contributed by atoms with Crippen molar-refractivity contribution >= 4 is 35.2 Å². The van der Waals surface area contributed by atoms with Gasteiger partial charge in [0.25, 0.3) is 0 Å². The summed E-state index contributed by atoms with van der Waals surface area (Å²) in [5.41, 5.74) is 19.8. The van der Waals surface area contributed by atoms with Crippen LogP contribution in [0.2, 0.25) is 0 Å². The summed E-state index contributed by atoms with van der Waals surface area (Å²) >= 11 is 0. The largest absolute Gasteiger partial charge is 0.500 e. The molecule has 0 radical (unpaired) electrons. The van der Waals surface area contributed by atoms with Crippen LogP contribution in [0.1, 0.15) is 49.3 Å². The van der Waals surface area contributed by atoms with Crippen LogP contribution in [-0.2, 0) is 36.8 Å². The number of unbranched alkanes of at least 4 members (excludes halogenated alkanes) is 1. The number of nitrogen functional groups attached to an aromatic ring is 1. The van der Waals surface area contributed by atoms with Crippen molar-refractivity contribution < 1.29 is 23.9 Å². The molecule has 9 N–H and O–H groups in total. The first-order valence-corrected chi connectivity index (χ1v) is 17.7. The molecule has 1 saturated heterocycles. The second-order valence-electron chi connectivity index (χ2n) is 13.3. The molecule has 1 fully saturated rings. The second-order valence-corrected chi connectivity index (χ2v) is 13.3. The number of nitrogens with one attached hydrogen (secondary N) is 3. The Hall–Kier alpha value is -5.60. The SMILES string of the molecule is C=C(c1cnc(N)nc1)[C@@H](NC(=O)[C@@H](CCCC)NC(=O)[C@@H](Cc1ccccc1)NC(=O)[C@H](N)Cc1ccccc1)C(=O)N1CCC(N)(C(=C)OC)C1. The molecule has 5 atom stereocenters. The van der Waals surface area contributed by atoms with E-state index in [1.54, 1.807) is 0 Å². The summed E-state index contributed by atoms with van der Waals surface area (Å²) in [5.74, 6) is -1.82. The van der Waals surface area contributed by atoms with Crippen molar-refractivity contribution in [2.45, 2.75) is 75.2 Å². The number of rotatable bonds is 18. The van der Waals surface area contributed by atoms with Crippen LogP contribution in [0.25, 0.3) is 5.57 Å². The van der Waals surface area contributed by atoms with Crippen LogP contribution in [0.15, 0.2) is 92.0 Å². The Labute approximate surface area is 310 Å². The molecule has 1 aromatic heterocycles. The van der Waals surface area contributed by atoms with Crippen molar-refractivity contribution in [3.63, 3.8) is 0 Å². The zero-order chi connectivity index (χ0) is 38.5. The van der Waals surface area contributed by atoms with E-state index in [4.69, 9.17) is 21.9 Å². The van der Waals surface area contributed by atoms with Gasteiger partial charge in [-0.1, -0.05) is 93.6 Å². The molecule has 0 aliphatic carbocycles. The normalized spacial score (nSPS) is 17.5. The fourth-order valence-corrected chi connectivity index (χ4v) is 6.09. The number of ether oxygens (including phenoxy) is 1. The smallest absolute Gasteiger partial charge is 0.249 e. The number of anilines is 1. The number of hydrogen-bond acceptors (Lipinski definition) is 10. The molecule has 0 bridgehead atoms. The van der Waals surface area contributed by atoms with Crippen molar-refractivity contribution in [2.75, 3.05) is 25.9 Å². The van der Waals surface area contributed by atoms with Gasteiger partial charge >= 0.3 is 0 Å². The van der Waals surface area contributed by atoms with Gasteiger partial charge in [0.1, 0.15) is 23.9 Å². The lowest BCUT2D eigenvalue weighted by Crippen LogP contribution is -2.58. The molecule has 4 rings (SSSR count). The number of likely N-dealkylation sites (tertiary alicyclic amines) is 1. The summed E-state index contributed by atoms with van der Waals surface area (Å²) in [5, 5.41) is 8.50. The van der Waals surface area contributed by atoms with E-state index in [2.05, 4.69) is 39.1 Å². The molecule has 1 unspecified atom stereocenters. The quantitative estimate of drug-likeness (QED) is 0.104. The third kappa shape index (κ3) is 10.9. The number of methoxy groups -OCH3 is 1. The number of amides is 4. The number of nitrogens with zero attached hydrogens (tertiary/aromatic N) is 3. The van der Waals surface area contributed by atoms with Crippen molar-refractivity contribution in [1.29, 1.82) is 0 Å². The highest BCUT2D eigenvalue weighted by Crippen LogP contribution is 2.28. The molecule has 4 amide bonds. The molecule has 0 saturated carbocycles. The molecule has 53 heavy (non-hydrogen) atoms. The minimum absolute atomic E-state index is 0.0273. The predicted octanol–water partition coefficient (Wildman–Crippen LogP) is 1.62. The summed E-state index contributed by atoms with van der Waals surface area (Å²) in [6.07, 6.45) is 5.21. The molecule has 1 aliphatic rings. The maximum absolute atomic E-state index is 14.2. The third-order valence-electron chi connectivity index (χ3n) is 9.37. The lowest BCUT2D eigenvalue weighted by atomic mass is 9.98. The Bertz CT molecular complexity index is 1740. The molecular formula is C39H51N9O5. The van der Waals surface area contributed by atoms with E-state index in [1.165, 1.54) is 24.4 Å². The van der Waals surface area contributed by atoms with Gasteiger partial charge in [-0.2, -0.15) is 0 Å². The average molecular weight is 726 g/mol. The highest BCUT2D eigenvalue weighted by molar-refractivity contribution is 6.00. The topological polar surface area (TPSA) is 221 Å². The Morgan fingerprint density at radius 3 is 2.04 bits per heavy atom. The Morgan fingerprint density at radius 1 is 0.887 bits per heavy atom. The zero-order valence-electron chi connectivity index (χ0n) is 30.4. The van der Waals surface area contributed by atoms with E-state index in [9.17, 15) is 19.2 Å². The average Bonchev–Trinajstić information content (AvgIpc) is 3.58. The van der Waals surface area contributed by atoms with E-state index in [0.717, 1.165) is 17.5 Å². The first kappa shape index (κ1) is 40.2. The Morgan fingerprint density at radius 2 is 1.45 bits per heavy atom. The van der Waals surface area contributed by atoms with Gasteiger partial charge in [0.2, 0.25) is 29.6 Å². The Balaban J connectivity index is 1.57. The molecular weight excluding hydrogens is 674 g/mol. The molecule has 14 heteroatoms. The van der Waals surface area contributed by atoms with Gasteiger partial charge < -0.3 is 42.8 Å². The lowest BCUT2D eigenvalue weighted by Gasteiger charge is -2.30. The van der Waals surface area contributed by atoms with E-state index in [1.807, 2.05) is 67.6 Å². The van der Waals surface area contributed by atoms with Gasteiger partial charge in [0.05, 0.1) is 18.7 Å². The lowest BCUT2D eigenvalue weighted by molar-refractivity contribution is -0.136.